The van der Waals surface area contributed by atoms with E-state index in [1.807, 2.05) is 0 Å². The molecule has 4 heteroatoms. The topological polar surface area (TPSA) is 0 Å². The second kappa shape index (κ2) is 7.16. The van der Waals surface area contributed by atoms with Crippen molar-refractivity contribution < 1.29 is 51.0 Å². The molecule has 0 aliphatic rings. The Morgan fingerprint density at radius 2 is 1.75 bits per heavy atom. The standard InChI is InChI=1S/C8H6P.2ClH.Zr/c1-2-4-8-7(3-1)5-6-9-8;;;/h1-4,6,9H;2*1H;/q-1;;;+3/p-2. The third-order valence-electron chi connectivity index (χ3n) is 1.38. The van der Waals surface area contributed by atoms with Crippen molar-refractivity contribution in [2.45, 2.75) is 0 Å². The molecule has 0 fully saturated rings. The fourth-order valence-corrected chi connectivity index (χ4v) is 1.81. The van der Waals surface area contributed by atoms with Crippen molar-refractivity contribution in [3.05, 3.63) is 36.1 Å². The van der Waals surface area contributed by atoms with Crippen LogP contribution in [0.15, 0.2) is 30.1 Å². The zero-order chi connectivity index (χ0) is 6.10. The van der Waals surface area contributed by atoms with E-state index in [9.17, 15) is 0 Å². The van der Waals surface area contributed by atoms with Crippen LogP contribution in [0.4, 0.5) is 0 Å². The minimum atomic E-state index is 0. The van der Waals surface area contributed by atoms with Crippen LogP contribution >= 0.6 is 8.19 Å². The summed E-state index contributed by atoms with van der Waals surface area (Å²) < 4.78 is 0. The van der Waals surface area contributed by atoms with E-state index in [-0.39, 0.29) is 51.0 Å². The Hall–Kier alpha value is 0.723. The van der Waals surface area contributed by atoms with Gasteiger partial charge in [0.1, 0.15) is 0 Å². The first kappa shape index (κ1) is 15.2. The molecule has 1 radical (unpaired) electrons. The molecule has 0 saturated heterocycles. The van der Waals surface area contributed by atoms with Gasteiger partial charge in [0, 0.05) is 0 Å². The van der Waals surface area contributed by atoms with E-state index in [1.54, 1.807) is 0 Å². The van der Waals surface area contributed by atoms with Crippen LogP contribution in [0.1, 0.15) is 0 Å². The van der Waals surface area contributed by atoms with Gasteiger partial charge in [-0.25, -0.2) is 8.19 Å². The van der Waals surface area contributed by atoms with Crippen molar-refractivity contribution in [1.82, 2.24) is 0 Å². The average Bonchev–Trinajstić information content (AvgIpc) is 2.33. The molecular formula is C8H6Cl2PZr. The van der Waals surface area contributed by atoms with E-state index < -0.39 is 0 Å². The summed E-state index contributed by atoms with van der Waals surface area (Å²) in [5.74, 6) is 2.10. The van der Waals surface area contributed by atoms with Crippen LogP contribution in [-0.2, 0) is 26.2 Å². The van der Waals surface area contributed by atoms with Crippen LogP contribution < -0.4 is 24.8 Å². The van der Waals surface area contributed by atoms with Gasteiger partial charge in [-0.05, 0) is 0 Å². The summed E-state index contributed by atoms with van der Waals surface area (Å²) in [4.78, 5) is 0. The number of rotatable bonds is 0. The molecular weight excluding hydrogens is 289 g/mol. The molecule has 1 aromatic carbocycles. The Morgan fingerprint density at radius 3 is 2.42 bits per heavy atom. The first-order valence-corrected chi connectivity index (χ1v) is 3.98. The van der Waals surface area contributed by atoms with E-state index in [4.69, 9.17) is 0 Å². The van der Waals surface area contributed by atoms with Gasteiger partial charge in [0.15, 0.2) is 0 Å². The number of hydrogen-bond donors (Lipinski definition) is 0. The molecule has 1 atom stereocenters. The van der Waals surface area contributed by atoms with Crippen molar-refractivity contribution in [3.8, 4) is 0 Å². The van der Waals surface area contributed by atoms with Gasteiger partial charge in [0.05, 0.1) is 0 Å². The van der Waals surface area contributed by atoms with Crippen molar-refractivity contribution in [2.24, 2.45) is 0 Å². The predicted molar refractivity (Wildman–Crippen MR) is 42.3 cm³/mol. The third kappa shape index (κ3) is 3.23. The van der Waals surface area contributed by atoms with Gasteiger partial charge in [-0.15, -0.1) is 23.0 Å². The third-order valence-corrected chi connectivity index (χ3v) is 2.42. The normalized spacial score (nSPS) is 8.33. The molecule has 61 valence electrons. The second-order valence-electron chi connectivity index (χ2n) is 1.98. The van der Waals surface area contributed by atoms with Crippen molar-refractivity contribution in [3.63, 3.8) is 0 Å². The van der Waals surface area contributed by atoms with Gasteiger partial charge in [0.25, 0.3) is 0 Å². The fourth-order valence-electron chi connectivity index (χ4n) is 0.926. The van der Waals surface area contributed by atoms with Crippen molar-refractivity contribution in [1.29, 1.82) is 0 Å². The van der Waals surface area contributed by atoms with Gasteiger partial charge in [-0.2, -0.15) is 17.5 Å². The average molecular weight is 295 g/mol. The van der Waals surface area contributed by atoms with Gasteiger partial charge in [0.2, 0.25) is 0 Å². The van der Waals surface area contributed by atoms with Gasteiger partial charge >= 0.3 is 26.2 Å². The molecule has 12 heavy (non-hydrogen) atoms. The van der Waals surface area contributed by atoms with Crippen LogP contribution in [0.25, 0.3) is 10.5 Å². The maximum absolute atomic E-state index is 3.19. The van der Waals surface area contributed by atoms with Crippen molar-refractivity contribution >= 4 is 18.7 Å². The molecule has 0 saturated carbocycles. The summed E-state index contributed by atoms with van der Waals surface area (Å²) in [6.07, 6.45) is 0. The fraction of sp³-hybridized carbons (Fsp3) is 0. The Labute approximate surface area is 105 Å². The molecule has 0 aliphatic carbocycles. The van der Waals surface area contributed by atoms with E-state index in [1.165, 1.54) is 10.5 Å². The summed E-state index contributed by atoms with van der Waals surface area (Å²) in [5.41, 5.74) is 0. The number of halogens is 2. The van der Waals surface area contributed by atoms with Gasteiger partial charge < -0.3 is 24.8 Å². The van der Waals surface area contributed by atoms with Crippen LogP contribution in [0.3, 0.4) is 0 Å². The Balaban J connectivity index is 0. The smallest absolute Gasteiger partial charge is 1.00 e. The molecule has 0 bridgehead atoms. The zero-order valence-electron chi connectivity index (χ0n) is 6.14. The Bertz CT molecular complexity index is 291. The monoisotopic (exact) mass is 293 g/mol. The first-order valence-electron chi connectivity index (χ1n) is 2.90. The zero-order valence-corrected chi connectivity index (χ0v) is 11.1. The number of fused-ring (bicyclic) bond motifs is 1. The van der Waals surface area contributed by atoms with Crippen molar-refractivity contribution in [2.75, 3.05) is 0 Å². The summed E-state index contributed by atoms with van der Waals surface area (Å²) in [6.45, 7) is 0. The van der Waals surface area contributed by atoms with Gasteiger partial charge in [-0.1, -0.05) is 6.07 Å². The SMILES string of the molecule is [Cl-].[Cl-].[Zr+3].[c-]1c[pH]c2ccccc12. The molecule has 0 nitrogen and oxygen atoms in total. The minimum Gasteiger partial charge on any atom is -1.00 e. The van der Waals surface area contributed by atoms with Crippen LogP contribution in [0.2, 0.25) is 0 Å². The summed E-state index contributed by atoms with van der Waals surface area (Å²) >= 11 is 0. The van der Waals surface area contributed by atoms with E-state index in [0.29, 0.717) is 0 Å². The van der Waals surface area contributed by atoms with Crippen LogP contribution in [0.5, 0.6) is 0 Å². The molecule has 2 aromatic rings. The predicted octanol–water partition coefficient (Wildman–Crippen LogP) is -3.32. The summed E-state index contributed by atoms with van der Waals surface area (Å²) in [5, 5.41) is 2.70. The van der Waals surface area contributed by atoms with E-state index >= 15 is 0 Å². The van der Waals surface area contributed by atoms with Gasteiger partial charge in [-0.3, -0.25) is 0 Å². The number of benzene rings is 1. The van der Waals surface area contributed by atoms with E-state index in [0.717, 1.165) is 8.19 Å². The molecule has 0 N–H and O–H groups in total. The molecule has 1 aromatic heterocycles. The molecule has 0 spiro atoms. The molecule has 0 amide bonds. The Morgan fingerprint density at radius 1 is 1.08 bits per heavy atom. The summed E-state index contributed by atoms with van der Waals surface area (Å²) in [6, 6.07) is 11.6. The Kier molecular flexibility index (Phi) is 9.07. The van der Waals surface area contributed by atoms with E-state index in [2.05, 4.69) is 36.1 Å². The molecule has 1 heterocycles. The largest absolute Gasteiger partial charge is 3.00 e. The molecule has 0 aliphatic heterocycles. The first-order chi connectivity index (χ1) is 4.47. The quantitative estimate of drug-likeness (QED) is 0.446. The number of hydrogen-bond acceptors (Lipinski definition) is 0. The second-order valence-corrected chi connectivity index (χ2v) is 3.09. The maximum atomic E-state index is 3.19. The maximum Gasteiger partial charge on any atom is 3.00 e. The van der Waals surface area contributed by atoms with Crippen LogP contribution in [0, 0.1) is 6.07 Å². The molecule has 1 unspecified atom stereocenters. The van der Waals surface area contributed by atoms with Crippen LogP contribution in [-0.4, -0.2) is 0 Å². The minimum absolute atomic E-state index is 0. The molecule has 2 rings (SSSR count). The summed E-state index contributed by atoms with van der Waals surface area (Å²) in [7, 11) is 0.844.